The van der Waals surface area contributed by atoms with E-state index in [9.17, 15) is 18.4 Å². The molecule has 1 aliphatic heterocycles. The van der Waals surface area contributed by atoms with Gasteiger partial charge in [0.25, 0.3) is 5.56 Å². The number of carbonyl (C=O) groups is 1. The number of alkyl carbamates (subject to hydrolysis) is 1. The van der Waals surface area contributed by atoms with Crippen LogP contribution in [0.2, 0.25) is 0 Å². The molecule has 1 aliphatic rings. The Balaban J connectivity index is 1.78. The number of carbonyl (C=O) groups excluding carboxylic acids is 1. The molecule has 9 heteroatoms. The van der Waals surface area contributed by atoms with Crippen LogP contribution < -0.4 is 10.9 Å². The van der Waals surface area contributed by atoms with E-state index in [2.05, 4.69) is 10.2 Å². The van der Waals surface area contributed by atoms with Crippen molar-refractivity contribution in [3.05, 3.63) is 69.8 Å². The fourth-order valence-electron chi connectivity index (χ4n) is 4.78. The number of nitrogens with one attached hydrogen (secondary N) is 1. The molecule has 7 nitrogen and oxygen atoms in total. The summed E-state index contributed by atoms with van der Waals surface area (Å²) < 4.78 is 35.0. The molecule has 198 valence electrons. The Morgan fingerprint density at radius 3 is 2.46 bits per heavy atom. The summed E-state index contributed by atoms with van der Waals surface area (Å²) >= 11 is 0. The molecule has 37 heavy (non-hydrogen) atoms. The van der Waals surface area contributed by atoms with Crippen molar-refractivity contribution in [3.8, 4) is 5.69 Å². The fourth-order valence-corrected chi connectivity index (χ4v) is 4.78. The summed E-state index contributed by atoms with van der Waals surface area (Å²) in [5.74, 6) is -1.50. The van der Waals surface area contributed by atoms with E-state index in [0.717, 1.165) is 49.8 Å². The predicted octanol–water partition coefficient (Wildman–Crippen LogP) is 5.28. The standard InChI is InChI=1S/C28H34F2N4O3/c1-18(31-27(36)37-28(2,3)4)25-32-23-11-7-9-19(10-8-14-33-12-5-6-13-33)24(23)26(35)34(25)22-16-20(29)15-21(30)17-22/h7,9,11,15-18H,5-6,8,10,12-14H2,1-4H3,(H,31,36)/t18-/m0/s1. The summed E-state index contributed by atoms with van der Waals surface area (Å²) in [5, 5.41) is 3.09. The summed E-state index contributed by atoms with van der Waals surface area (Å²) in [6.07, 6.45) is 3.29. The maximum Gasteiger partial charge on any atom is 0.408 e. The van der Waals surface area contributed by atoms with Crippen molar-refractivity contribution in [3.63, 3.8) is 0 Å². The van der Waals surface area contributed by atoms with Crippen LogP contribution in [0.3, 0.4) is 0 Å². The highest BCUT2D eigenvalue weighted by Gasteiger charge is 2.24. The number of benzene rings is 2. The van der Waals surface area contributed by atoms with Crippen LogP contribution in [0.15, 0.2) is 41.2 Å². The Hall–Kier alpha value is -3.33. The number of likely N-dealkylation sites (tertiary alicyclic amines) is 1. The Kier molecular flexibility index (Phi) is 7.92. The number of aryl methyl sites for hydroxylation is 1. The highest BCUT2D eigenvalue weighted by atomic mass is 19.1. The number of halogens is 2. The van der Waals surface area contributed by atoms with Crippen molar-refractivity contribution in [2.45, 2.75) is 65.0 Å². The molecule has 0 radical (unpaired) electrons. The average Bonchev–Trinajstić information content (AvgIpc) is 3.30. The summed E-state index contributed by atoms with van der Waals surface area (Å²) in [5.41, 5.74) is 0.121. The Morgan fingerprint density at radius 2 is 1.81 bits per heavy atom. The van der Waals surface area contributed by atoms with Crippen LogP contribution in [0.25, 0.3) is 16.6 Å². The maximum atomic E-state index is 14.2. The number of rotatable bonds is 7. The van der Waals surface area contributed by atoms with Crippen LogP contribution in [0.4, 0.5) is 13.6 Å². The van der Waals surface area contributed by atoms with Crippen molar-refractivity contribution < 1.29 is 18.3 Å². The molecule has 0 bridgehead atoms. The molecule has 0 unspecified atom stereocenters. The van der Waals surface area contributed by atoms with Crippen LogP contribution in [0.5, 0.6) is 0 Å². The van der Waals surface area contributed by atoms with Gasteiger partial charge in [-0.25, -0.2) is 18.6 Å². The van der Waals surface area contributed by atoms with E-state index in [1.807, 2.05) is 12.1 Å². The number of hydrogen-bond acceptors (Lipinski definition) is 5. The molecular formula is C28H34F2N4O3. The summed E-state index contributed by atoms with van der Waals surface area (Å²) in [7, 11) is 0. The summed E-state index contributed by atoms with van der Waals surface area (Å²) in [4.78, 5) is 33.5. The molecule has 3 aromatic rings. The molecule has 1 N–H and O–H groups in total. The van der Waals surface area contributed by atoms with Gasteiger partial charge in [-0.05, 0) is 96.8 Å². The van der Waals surface area contributed by atoms with Gasteiger partial charge >= 0.3 is 6.09 Å². The Bertz CT molecular complexity index is 1320. The first-order valence-electron chi connectivity index (χ1n) is 12.7. The number of nitrogens with zero attached hydrogens (tertiary/aromatic N) is 3. The summed E-state index contributed by atoms with van der Waals surface area (Å²) in [6.45, 7) is 10.0. The molecule has 4 rings (SSSR count). The van der Waals surface area contributed by atoms with Gasteiger partial charge in [0, 0.05) is 6.07 Å². The highest BCUT2D eigenvalue weighted by molar-refractivity contribution is 5.82. The molecule has 1 atom stereocenters. The zero-order chi connectivity index (χ0) is 26.7. The number of hydrogen-bond donors (Lipinski definition) is 1. The molecule has 2 aromatic carbocycles. The Morgan fingerprint density at radius 1 is 1.14 bits per heavy atom. The topological polar surface area (TPSA) is 76.5 Å². The van der Waals surface area contributed by atoms with Crippen LogP contribution in [0.1, 0.15) is 64.4 Å². The molecule has 2 heterocycles. The van der Waals surface area contributed by atoms with E-state index >= 15 is 0 Å². The molecule has 1 amide bonds. The molecule has 0 saturated carbocycles. The quantitative estimate of drug-likeness (QED) is 0.466. The lowest BCUT2D eigenvalue weighted by Gasteiger charge is -2.23. The van der Waals surface area contributed by atoms with Gasteiger partial charge in [0.2, 0.25) is 0 Å². The second-order valence-electron chi connectivity index (χ2n) is 10.6. The molecule has 1 saturated heterocycles. The Labute approximate surface area is 215 Å². The van der Waals surface area contributed by atoms with Gasteiger partial charge in [-0.15, -0.1) is 0 Å². The lowest BCUT2D eigenvalue weighted by Crippen LogP contribution is -2.37. The van der Waals surface area contributed by atoms with Crippen LogP contribution in [-0.2, 0) is 11.2 Å². The highest BCUT2D eigenvalue weighted by Crippen LogP contribution is 2.23. The van der Waals surface area contributed by atoms with Gasteiger partial charge in [0.1, 0.15) is 23.1 Å². The zero-order valence-electron chi connectivity index (χ0n) is 21.8. The lowest BCUT2D eigenvalue weighted by atomic mass is 10.0. The minimum Gasteiger partial charge on any atom is -0.444 e. The third kappa shape index (κ3) is 6.52. The van der Waals surface area contributed by atoms with Crippen molar-refractivity contribution in [1.82, 2.24) is 19.8 Å². The first-order chi connectivity index (χ1) is 17.5. The van der Waals surface area contributed by atoms with Crippen LogP contribution >= 0.6 is 0 Å². The monoisotopic (exact) mass is 512 g/mol. The normalized spacial score (nSPS) is 15.2. The SMILES string of the molecule is C[C@H](NC(=O)OC(C)(C)C)c1nc2cccc(CCCN3CCCC3)c2c(=O)n1-c1cc(F)cc(F)c1. The second-order valence-corrected chi connectivity index (χ2v) is 10.6. The van der Waals surface area contributed by atoms with Crippen molar-refractivity contribution >= 4 is 17.0 Å². The maximum absolute atomic E-state index is 14.2. The number of ether oxygens (including phenoxy) is 1. The van der Waals surface area contributed by atoms with Crippen molar-refractivity contribution in [1.29, 1.82) is 0 Å². The van der Waals surface area contributed by atoms with E-state index in [-0.39, 0.29) is 11.5 Å². The van der Waals surface area contributed by atoms with Crippen molar-refractivity contribution in [2.75, 3.05) is 19.6 Å². The predicted molar refractivity (Wildman–Crippen MR) is 139 cm³/mol. The molecule has 0 aliphatic carbocycles. The van der Waals surface area contributed by atoms with E-state index in [0.29, 0.717) is 17.3 Å². The van der Waals surface area contributed by atoms with Gasteiger partial charge < -0.3 is 15.0 Å². The first kappa shape index (κ1) is 26.7. The molecule has 1 fully saturated rings. The number of fused-ring (bicyclic) bond motifs is 1. The molecule has 1 aromatic heterocycles. The smallest absolute Gasteiger partial charge is 0.408 e. The molecule has 0 spiro atoms. The average molecular weight is 513 g/mol. The number of amides is 1. The van der Waals surface area contributed by atoms with E-state index < -0.39 is 34.9 Å². The zero-order valence-corrected chi connectivity index (χ0v) is 21.8. The third-order valence-corrected chi connectivity index (χ3v) is 6.36. The first-order valence-corrected chi connectivity index (χ1v) is 12.7. The van der Waals surface area contributed by atoms with Crippen molar-refractivity contribution in [2.24, 2.45) is 0 Å². The minimum atomic E-state index is -0.820. The summed E-state index contributed by atoms with van der Waals surface area (Å²) in [6, 6.07) is 7.60. The lowest BCUT2D eigenvalue weighted by molar-refractivity contribution is 0.0505. The van der Waals surface area contributed by atoms with Crippen LogP contribution in [0, 0.1) is 11.6 Å². The van der Waals surface area contributed by atoms with Gasteiger partial charge in [0.05, 0.1) is 22.6 Å². The number of aromatic nitrogens is 2. The van der Waals surface area contributed by atoms with Crippen LogP contribution in [-0.4, -0.2) is 45.8 Å². The fraction of sp³-hybridized carbons (Fsp3) is 0.464. The van der Waals surface area contributed by atoms with Gasteiger partial charge in [-0.1, -0.05) is 12.1 Å². The molecular weight excluding hydrogens is 478 g/mol. The van der Waals surface area contributed by atoms with E-state index in [4.69, 9.17) is 9.72 Å². The minimum absolute atomic E-state index is 0.00314. The van der Waals surface area contributed by atoms with Gasteiger partial charge in [-0.2, -0.15) is 0 Å². The second kappa shape index (κ2) is 11.0. The largest absolute Gasteiger partial charge is 0.444 e. The van der Waals surface area contributed by atoms with Gasteiger partial charge in [-0.3, -0.25) is 9.36 Å². The third-order valence-electron chi connectivity index (χ3n) is 6.36. The van der Waals surface area contributed by atoms with Gasteiger partial charge in [0.15, 0.2) is 0 Å². The van der Waals surface area contributed by atoms with E-state index in [1.165, 1.54) is 17.4 Å². The van der Waals surface area contributed by atoms with E-state index in [1.54, 1.807) is 33.8 Å².